The smallest absolute Gasteiger partial charge is 0.258 e. The van der Waals surface area contributed by atoms with E-state index in [9.17, 15) is 5.11 Å². The number of hydrogen-bond acceptors (Lipinski definition) is 6. The summed E-state index contributed by atoms with van der Waals surface area (Å²) in [7, 11) is 0. The Bertz CT molecular complexity index is 754. The zero-order valence-corrected chi connectivity index (χ0v) is 12.9. The van der Waals surface area contributed by atoms with Gasteiger partial charge in [-0.2, -0.15) is 4.98 Å². The number of rotatable bonds is 3. The maximum Gasteiger partial charge on any atom is 0.258 e. The minimum atomic E-state index is 0.136. The monoisotopic (exact) mass is 351 g/mol. The number of hydrogen-bond donors (Lipinski definition) is 1. The standard InChI is InChI=1S/C13H10BrN3O2S/c1-7-15-9(6-20-7)5-12-16-13(19-17-12)8-2-3-10(14)11(18)4-8/h2-4,6,18H,5H2,1H3. The van der Waals surface area contributed by atoms with E-state index in [4.69, 9.17) is 4.52 Å². The molecule has 5 nitrogen and oxygen atoms in total. The molecule has 0 unspecified atom stereocenters. The Kier molecular flexibility index (Phi) is 3.54. The zero-order chi connectivity index (χ0) is 14.1. The largest absolute Gasteiger partial charge is 0.507 e. The maximum absolute atomic E-state index is 9.66. The molecule has 0 aliphatic heterocycles. The lowest BCUT2D eigenvalue weighted by atomic mass is 10.2. The van der Waals surface area contributed by atoms with Gasteiger partial charge in [-0.3, -0.25) is 0 Å². The number of thiazole rings is 1. The molecule has 3 aromatic rings. The molecule has 1 aromatic carbocycles. The second-order valence-electron chi connectivity index (χ2n) is 4.22. The van der Waals surface area contributed by atoms with E-state index in [1.807, 2.05) is 12.3 Å². The first-order valence-corrected chi connectivity index (χ1v) is 7.51. The van der Waals surface area contributed by atoms with Gasteiger partial charge in [-0.15, -0.1) is 11.3 Å². The van der Waals surface area contributed by atoms with Crippen LogP contribution < -0.4 is 0 Å². The van der Waals surface area contributed by atoms with E-state index < -0.39 is 0 Å². The van der Waals surface area contributed by atoms with Crippen LogP contribution in [0.3, 0.4) is 0 Å². The quantitative estimate of drug-likeness (QED) is 0.780. The first-order valence-electron chi connectivity index (χ1n) is 5.84. The van der Waals surface area contributed by atoms with Gasteiger partial charge in [0.25, 0.3) is 5.89 Å². The van der Waals surface area contributed by atoms with Crippen molar-refractivity contribution in [2.45, 2.75) is 13.3 Å². The van der Waals surface area contributed by atoms with E-state index in [1.54, 1.807) is 29.5 Å². The highest BCUT2D eigenvalue weighted by atomic mass is 79.9. The van der Waals surface area contributed by atoms with Gasteiger partial charge in [0.15, 0.2) is 5.82 Å². The zero-order valence-electron chi connectivity index (χ0n) is 10.5. The third-order valence-electron chi connectivity index (χ3n) is 2.67. The number of phenolic OH excluding ortho intramolecular Hbond substituents is 1. The molecule has 2 aromatic heterocycles. The van der Waals surface area contributed by atoms with Gasteiger partial charge in [0, 0.05) is 10.9 Å². The van der Waals surface area contributed by atoms with E-state index in [2.05, 4.69) is 31.1 Å². The fourth-order valence-electron chi connectivity index (χ4n) is 1.74. The van der Waals surface area contributed by atoms with E-state index in [0.717, 1.165) is 10.7 Å². The Morgan fingerprint density at radius 3 is 2.90 bits per heavy atom. The van der Waals surface area contributed by atoms with Crippen LogP contribution in [-0.2, 0) is 6.42 Å². The Balaban J connectivity index is 1.84. The Morgan fingerprint density at radius 1 is 1.35 bits per heavy atom. The van der Waals surface area contributed by atoms with Gasteiger partial charge in [-0.25, -0.2) is 4.98 Å². The van der Waals surface area contributed by atoms with Crippen molar-refractivity contribution in [1.82, 2.24) is 15.1 Å². The second kappa shape index (κ2) is 5.34. The number of aryl methyl sites for hydroxylation is 1. The van der Waals surface area contributed by atoms with Gasteiger partial charge < -0.3 is 9.63 Å². The van der Waals surface area contributed by atoms with Gasteiger partial charge in [0.1, 0.15) is 5.75 Å². The van der Waals surface area contributed by atoms with Gasteiger partial charge in [0.05, 0.1) is 21.6 Å². The highest BCUT2D eigenvalue weighted by Crippen LogP contribution is 2.29. The third-order valence-corrected chi connectivity index (χ3v) is 4.16. The van der Waals surface area contributed by atoms with Crippen LogP contribution in [0.25, 0.3) is 11.5 Å². The summed E-state index contributed by atoms with van der Waals surface area (Å²) in [6, 6.07) is 5.11. The molecule has 20 heavy (non-hydrogen) atoms. The maximum atomic E-state index is 9.66. The van der Waals surface area contributed by atoms with Gasteiger partial charge in [-0.05, 0) is 41.1 Å². The molecule has 0 fully saturated rings. The molecule has 0 bridgehead atoms. The molecule has 0 atom stereocenters. The molecule has 0 radical (unpaired) electrons. The van der Waals surface area contributed by atoms with Gasteiger partial charge in [-0.1, -0.05) is 5.16 Å². The number of aromatic nitrogens is 3. The highest BCUT2D eigenvalue weighted by Gasteiger charge is 2.12. The fourth-order valence-corrected chi connectivity index (χ4v) is 2.60. The number of benzene rings is 1. The number of aromatic hydroxyl groups is 1. The molecular formula is C13H10BrN3O2S. The lowest BCUT2D eigenvalue weighted by Gasteiger charge is -1.98. The van der Waals surface area contributed by atoms with Crippen LogP contribution >= 0.6 is 27.3 Å². The summed E-state index contributed by atoms with van der Waals surface area (Å²) in [4.78, 5) is 8.68. The van der Waals surface area contributed by atoms with Crippen LogP contribution in [0, 0.1) is 6.92 Å². The molecule has 2 heterocycles. The molecule has 0 saturated heterocycles. The summed E-state index contributed by atoms with van der Waals surface area (Å²) in [5.74, 6) is 1.10. The molecule has 0 amide bonds. The normalized spacial score (nSPS) is 10.9. The molecule has 1 N–H and O–H groups in total. The predicted molar refractivity (Wildman–Crippen MR) is 78.8 cm³/mol. The van der Waals surface area contributed by atoms with Crippen molar-refractivity contribution >= 4 is 27.3 Å². The Labute approximate surface area is 127 Å². The summed E-state index contributed by atoms with van der Waals surface area (Å²) < 4.78 is 5.84. The number of nitrogens with zero attached hydrogens (tertiary/aromatic N) is 3. The van der Waals surface area contributed by atoms with Gasteiger partial charge >= 0.3 is 0 Å². The fraction of sp³-hybridized carbons (Fsp3) is 0.154. The molecule has 7 heteroatoms. The van der Waals surface area contributed by atoms with E-state index in [-0.39, 0.29) is 5.75 Å². The van der Waals surface area contributed by atoms with Crippen molar-refractivity contribution in [3.8, 4) is 17.2 Å². The minimum Gasteiger partial charge on any atom is -0.507 e. The van der Waals surface area contributed by atoms with E-state index in [1.165, 1.54) is 0 Å². The Morgan fingerprint density at radius 2 is 2.20 bits per heavy atom. The van der Waals surface area contributed by atoms with Crippen LogP contribution in [0.1, 0.15) is 16.5 Å². The van der Waals surface area contributed by atoms with Crippen molar-refractivity contribution in [3.63, 3.8) is 0 Å². The second-order valence-corrected chi connectivity index (χ2v) is 6.13. The SMILES string of the molecule is Cc1nc(Cc2noc(-c3ccc(Br)c(O)c3)n2)cs1. The first kappa shape index (κ1) is 13.3. The first-order chi connectivity index (χ1) is 9.61. The summed E-state index contributed by atoms with van der Waals surface area (Å²) in [6.45, 7) is 1.96. The highest BCUT2D eigenvalue weighted by molar-refractivity contribution is 9.10. The summed E-state index contributed by atoms with van der Waals surface area (Å²) in [6.07, 6.45) is 0.538. The lowest BCUT2D eigenvalue weighted by Crippen LogP contribution is -1.91. The Hall–Kier alpha value is -1.73. The molecular weight excluding hydrogens is 342 g/mol. The molecule has 0 aliphatic rings. The van der Waals surface area contributed by atoms with Crippen molar-refractivity contribution in [2.24, 2.45) is 0 Å². The summed E-state index contributed by atoms with van der Waals surface area (Å²) in [5, 5.41) is 16.6. The van der Waals surface area contributed by atoms with E-state index in [0.29, 0.717) is 28.2 Å². The van der Waals surface area contributed by atoms with Crippen LogP contribution in [0.5, 0.6) is 5.75 Å². The van der Waals surface area contributed by atoms with Crippen LogP contribution in [0.2, 0.25) is 0 Å². The van der Waals surface area contributed by atoms with Crippen molar-refractivity contribution < 1.29 is 9.63 Å². The van der Waals surface area contributed by atoms with Crippen molar-refractivity contribution in [1.29, 1.82) is 0 Å². The van der Waals surface area contributed by atoms with Crippen LogP contribution in [0.15, 0.2) is 32.6 Å². The van der Waals surface area contributed by atoms with Crippen LogP contribution in [-0.4, -0.2) is 20.2 Å². The molecule has 3 rings (SSSR count). The molecule has 102 valence electrons. The molecule has 0 aliphatic carbocycles. The van der Waals surface area contributed by atoms with Crippen molar-refractivity contribution in [2.75, 3.05) is 0 Å². The minimum absolute atomic E-state index is 0.136. The average molecular weight is 352 g/mol. The average Bonchev–Trinajstić information content (AvgIpc) is 3.03. The number of phenols is 1. The van der Waals surface area contributed by atoms with Crippen LogP contribution in [0.4, 0.5) is 0 Å². The van der Waals surface area contributed by atoms with Crippen molar-refractivity contribution in [3.05, 3.63) is 44.6 Å². The van der Waals surface area contributed by atoms with E-state index >= 15 is 0 Å². The van der Waals surface area contributed by atoms with Gasteiger partial charge in [0.2, 0.25) is 0 Å². The lowest BCUT2D eigenvalue weighted by molar-refractivity contribution is 0.423. The number of halogens is 1. The topological polar surface area (TPSA) is 72.0 Å². The summed E-state index contributed by atoms with van der Waals surface area (Å²) >= 11 is 4.82. The third kappa shape index (κ3) is 2.73. The molecule has 0 spiro atoms. The molecule has 0 saturated carbocycles. The predicted octanol–water partition coefficient (Wildman–Crippen LogP) is 3.56. The summed E-state index contributed by atoms with van der Waals surface area (Å²) in [5.41, 5.74) is 1.61.